The van der Waals surface area contributed by atoms with Crippen molar-refractivity contribution in [1.82, 2.24) is 0 Å². The van der Waals surface area contributed by atoms with Crippen molar-refractivity contribution in [3.63, 3.8) is 0 Å². The van der Waals surface area contributed by atoms with E-state index in [0.29, 0.717) is 30.8 Å². The number of phenolic OH excluding ortho intramolecular Hbond substituents is 1. The molecule has 2 heterocycles. The Hall–Kier alpha value is -2.64. The first kappa shape index (κ1) is 21.6. The van der Waals surface area contributed by atoms with E-state index in [1.54, 1.807) is 13.2 Å². The molecule has 2 aliphatic rings. The zero-order chi connectivity index (χ0) is 22.2. The summed E-state index contributed by atoms with van der Waals surface area (Å²) in [6, 6.07) is 7.47. The lowest BCUT2D eigenvalue weighted by atomic mass is 9.85. The topological polar surface area (TPSA) is 77.4 Å². The second-order valence-corrected chi connectivity index (χ2v) is 8.92. The Bertz CT molecular complexity index is 958. The lowest BCUT2D eigenvalue weighted by Gasteiger charge is -2.44. The first-order valence-corrected chi connectivity index (χ1v) is 10.7. The van der Waals surface area contributed by atoms with E-state index in [-0.39, 0.29) is 18.6 Å². The van der Waals surface area contributed by atoms with Crippen LogP contribution in [0.4, 0.5) is 0 Å². The molecule has 2 aromatic carbocycles. The van der Waals surface area contributed by atoms with Gasteiger partial charge in [0.2, 0.25) is 12.5 Å². The zero-order valence-electron chi connectivity index (χ0n) is 18.7. The number of methoxy groups -OCH3 is 2. The Morgan fingerprint density at radius 2 is 1.97 bits per heavy atom. The van der Waals surface area contributed by atoms with Crippen molar-refractivity contribution < 1.29 is 33.6 Å². The van der Waals surface area contributed by atoms with Crippen LogP contribution in [0.3, 0.4) is 0 Å². The molecule has 0 saturated heterocycles. The van der Waals surface area contributed by atoms with E-state index in [1.165, 1.54) is 12.7 Å². The predicted octanol–water partition coefficient (Wildman–Crippen LogP) is 3.20. The monoisotopic (exact) mass is 430 g/mol. The van der Waals surface area contributed by atoms with E-state index in [4.69, 9.17) is 18.9 Å². The summed E-state index contributed by atoms with van der Waals surface area (Å²) in [7, 11) is 7.61. The highest BCUT2D eigenvalue weighted by atomic mass is 16.7. The van der Waals surface area contributed by atoms with Gasteiger partial charge in [0.25, 0.3) is 0 Å². The first-order chi connectivity index (χ1) is 14.8. The number of hydrogen-bond donors (Lipinski definition) is 2. The highest BCUT2D eigenvalue weighted by Crippen LogP contribution is 2.51. The molecule has 2 aromatic rings. The van der Waals surface area contributed by atoms with Crippen LogP contribution in [-0.2, 0) is 12.8 Å². The molecule has 7 heteroatoms. The van der Waals surface area contributed by atoms with Crippen molar-refractivity contribution in [3.05, 3.63) is 41.0 Å². The highest BCUT2D eigenvalue weighted by molar-refractivity contribution is 5.61. The van der Waals surface area contributed by atoms with Gasteiger partial charge in [-0.3, -0.25) is 0 Å². The molecule has 0 spiro atoms. The summed E-state index contributed by atoms with van der Waals surface area (Å²) >= 11 is 0. The largest absolute Gasteiger partial charge is 0.504 e. The van der Waals surface area contributed by atoms with Crippen LogP contribution >= 0.6 is 0 Å². The van der Waals surface area contributed by atoms with Gasteiger partial charge in [-0.15, -0.1) is 0 Å². The summed E-state index contributed by atoms with van der Waals surface area (Å²) in [6.45, 7) is 1.18. The van der Waals surface area contributed by atoms with Gasteiger partial charge in [0.05, 0.1) is 46.5 Å². The van der Waals surface area contributed by atoms with Crippen LogP contribution in [0.25, 0.3) is 0 Å². The van der Waals surface area contributed by atoms with Gasteiger partial charge >= 0.3 is 0 Å². The number of likely N-dealkylation sites (N-methyl/N-ethyl adjacent to an activating group) is 1. The minimum absolute atomic E-state index is 0.0811. The maximum atomic E-state index is 11.0. The van der Waals surface area contributed by atoms with Crippen molar-refractivity contribution >= 4 is 0 Å². The van der Waals surface area contributed by atoms with Gasteiger partial charge in [0.1, 0.15) is 6.04 Å². The standard InChI is InChI=1S/C24H31NO6/c1-25(2)10-9-16-12-21-23(31-14-30-21)24(29-4)22(16)18(25)13-17(26)7-5-15-6-8-19(27)20(11-15)28-3/h6,8,11-12,17-18,26H,5,7,9-10,13-14H2,1-4H3/p+1/t17-,18+/m0/s1. The van der Waals surface area contributed by atoms with E-state index in [9.17, 15) is 10.2 Å². The molecule has 4 rings (SSSR count). The van der Waals surface area contributed by atoms with Crippen molar-refractivity contribution in [2.75, 3.05) is 41.7 Å². The van der Waals surface area contributed by atoms with Gasteiger partial charge in [-0.2, -0.15) is 0 Å². The number of aliphatic hydroxyl groups is 1. The number of aliphatic hydroxyl groups excluding tert-OH is 1. The second-order valence-electron chi connectivity index (χ2n) is 8.92. The highest BCUT2D eigenvalue weighted by Gasteiger charge is 2.42. The molecule has 2 atom stereocenters. The van der Waals surface area contributed by atoms with Crippen LogP contribution in [0.5, 0.6) is 28.7 Å². The molecule has 0 aromatic heterocycles. The SMILES string of the molecule is COc1cc(CC[C@H](O)C[C@@H]2c3c(cc4c(c3OC)OCO4)CC[N+]2(C)C)ccc1O. The summed E-state index contributed by atoms with van der Waals surface area (Å²) in [5.74, 6) is 2.71. The van der Waals surface area contributed by atoms with Gasteiger partial charge in [-0.1, -0.05) is 6.07 Å². The maximum Gasteiger partial charge on any atom is 0.231 e. The number of aromatic hydroxyl groups is 1. The van der Waals surface area contributed by atoms with Gasteiger partial charge in [-0.05, 0) is 42.2 Å². The number of benzene rings is 2. The zero-order valence-corrected chi connectivity index (χ0v) is 18.7. The molecule has 0 aliphatic carbocycles. The quantitative estimate of drug-likeness (QED) is 0.657. The predicted molar refractivity (Wildman–Crippen MR) is 116 cm³/mol. The van der Waals surface area contributed by atoms with Crippen molar-refractivity contribution in [2.24, 2.45) is 0 Å². The van der Waals surface area contributed by atoms with Gasteiger partial charge in [0, 0.05) is 12.8 Å². The third kappa shape index (κ3) is 4.12. The lowest BCUT2D eigenvalue weighted by Crippen LogP contribution is -2.49. The summed E-state index contributed by atoms with van der Waals surface area (Å²) in [4.78, 5) is 0. The fourth-order valence-electron chi connectivity index (χ4n) is 4.76. The van der Waals surface area contributed by atoms with Gasteiger partial charge < -0.3 is 33.6 Å². The van der Waals surface area contributed by atoms with E-state index >= 15 is 0 Å². The van der Waals surface area contributed by atoms with Crippen LogP contribution in [0, 0.1) is 0 Å². The van der Waals surface area contributed by atoms with E-state index in [1.807, 2.05) is 12.1 Å². The first-order valence-electron chi connectivity index (χ1n) is 10.7. The molecular weight excluding hydrogens is 398 g/mol. The molecule has 0 radical (unpaired) electrons. The molecule has 0 saturated carbocycles. The maximum absolute atomic E-state index is 11.0. The third-order valence-electron chi connectivity index (χ3n) is 6.59. The molecular formula is C24H32NO6+. The average molecular weight is 431 g/mol. The average Bonchev–Trinajstić information content (AvgIpc) is 3.22. The fourth-order valence-corrected chi connectivity index (χ4v) is 4.76. The number of ether oxygens (including phenoxy) is 4. The molecule has 0 bridgehead atoms. The number of nitrogens with zero attached hydrogens (tertiary/aromatic N) is 1. The normalized spacial score (nSPS) is 19.6. The fraction of sp³-hybridized carbons (Fsp3) is 0.500. The lowest BCUT2D eigenvalue weighted by molar-refractivity contribution is -0.924. The van der Waals surface area contributed by atoms with Crippen LogP contribution in [0.15, 0.2) is 24.3 Å². The molecule has 0 amide bonds. The molecule has 0 fully saturated rings. The molecule has 2 aliphatic heterocycles. The number of fused-ring (bicyclic) bond motifs is 2. The Morgan fingerprint density at radius 1 is 1.16 bits per heavy atom. The minimum Gasteiger partial charge on any atom is -0.504 e. The molecule has 31 heavy (non-hydrogen) atoms. The van der Waals surface area contributed by atoms with E-state index in [0.717, 1.165) is 40.1 Å². The molecule has 2 N–H and O–H groups in total. The molecule has 168 valence electrons. The Labute approximate surface area is 183 Å². The van der Waals surface area contributed by atoms with Crippen LogP contribution in [-0.4, -0.2) is 62.5 Å². The molecule has 0 unspecified atom stereocenters. The van der Waals surface area contributed by atoms with Gasteiger partial charge in [0.15, 0.2) is 23.0 Å². The van der Waals surface area contributed by atoms with Crippen LogP contribution < -0.4 is 18.9 Å². The van der Waals surface area contributed by atoms with E-state index in [2.05, 4.69) is 20.2 Å². The molecule has 7 nitrogen and oxygen atoms in total. The third-order valence-corrected chi connectivity index (χ3v) is 6.59. The summed E-state index contributed by atoms with van der Waals surface area (Å²) in [6.07, 6.45) is 2.37. The van der Waals surface area contributed by atoms with Crippen LogP contribution in [0.1, 0.15) is 35.6 Å². The summed E-state index contributed by atoms with van der Waals surface area (Å²) < 4.78 is 23.1. The van der Waals surface area contributed by atoms with Crippen molar-refractivity contribution in [1.29, 1.82) is 0 Å². The smallest absolute Gasteiger partial charge is 0.231 e. The van der Waals surface area contributed by atoms with Crippen molar-refractivity contribution in [2.45, 2.75) is 37.8 Å². The number of quaternary nitrogens is 1. The second kappa shape index (κ2) is 8.48. The number of phenols is 1. The number of aryl methyl sites for hydroxylation is 1. The van der Waals surface area contributed by atoms with Gasteiger partial charge in [-0.25, -0.2) is 0 Å². The Balaban J connectivity index is 1.55. The number of hydrogen-bond acceptors (Lipinski definition) is 6. The number of rotatable bonds is 7. The van der Waals surface area contributed by atoms with Crippen molar-refractivity contribution in [3.8, 4) is 28.7 Å². The summed E-state index contributed by atoms with van der Waals surface area (Å²) in [5, 5.41) is 20.8. The minimum atomic E-state index is -0.483. The Kier molecular flexibility index (Phi) is 5.90. The Morgan fingerprint density at radius 3 is 2.71 bits per heavy atom. The summed E-state index contributed by atoms with van der Waals surface area (Å²) in [5.41, 5.74) is 3.35. The van der Waals surface area contributed by atoms with E-state index < -0.39 is 6.10 Å². The van der Waals surface area contributed by atoms with Crippen LogP contribution in [0.2, 0.25) is 0 Å².